The highest BCUT2D eigenvalue weighted by molar-refractivity contribution is 6.02. The van der Waals surface area contributed by atoms with Gasteiger partial charge in [-0.1, -0.05) is 24.3 Å². The molecule has 0 spiro atoms. The minimum Gasteiger partial charge on any atom is -0.462 e. The maximum absolute atomic E-state index is 12.1. The van der Waals surface area contributed by atoms with Gasteiger partial charge in [-0.2, -0.15) is 0 Å². The molecule has 0 aliphatic heterocycles. The maximum atomic E-state index is 12.1. The Bertz CT molecular complexity index is 683. The molecule has 0 unspecified atom stereocenters. The van der Waals surface area contributed by atoms with E-state index in [9.17, 15) is 9.59 Å². The number of hydrogen-bond acceptors (Lipinski definition) is 3. The molecule has 0 aliphatic rings. The summed E-state index contributed by atoms with van der Waals surface area (Å²) in [5.74, 6) is -0.434. The van der Waals surface area contributed by atoms with Gasteiger partial charge in [0.2, 0.25) is 0 Å². The first-order valence-corrected chi connectivity index (χ1v) is 6.80. The van der Waals surface area contributed by atoms with Gasteiger partial charge in [0, 0.05) is 0 Å². The number of ether oxygens (including phenoxy) is 1. The van der Waals surface area contributed by atoms with Crippen LogP contribution in [0.3, 0.4) is 0 Å². The Kier molecular flexibility index (Phi) is 5.03. The number of urea groups is 1. The predicted molar refractivity (Wildman–Crippen MR) is 85.9 cm³/mol. The summed E-state index contributed by atoms with van der Waals surface area (Å²) >= 11 is 0. The average molecular weight is 296 g/mol. The van der Waals surface area contributed by atoms with Crippen LogP contribution < -0.4 is 4.90 Å². The van der Waals surface area contributed by atoms with Gasteiger partial charge in [0.15, 0.2) is 0 Å². The zero-order valence-corrected chi connectivity index (χ0v) is 12.2. The lowest BCUT2D eigenvalue weighted by atomic mass is 10.1. The minimum absolute atomic E-state index is 0.290. The first kappa shape index (κ1) is 15.4. The lowest BCUT2D eigenvalue weighted by molar-refractivity contribution is 0.0526. The second kappa shape index (κ2) is 7.17. The molecule has 0 N–H and O–H groups in total. The van der Waals surface area contributed by atoms with Gasteiger partial charge >= 0.3 is 12.0 Å². The van der Waals surface area contributed by atoms with Gasteiger partial charge in [0.1, 0.15) is 0 Å². The number of rotatable bonds is 4. The van der Waals surface area contributed by atoms with Crippen LogP contribution in [0.15, 0.2) is 59.6 Å². The summed E-state index contributed by atoms with van der Waals surface area (Å²) in [6.07, 6.45) is 0. The standard InChI is InChI=1S/C17H16N2O3/c1-3-22-16(20)13-8-7-11-15(12-13)19(17(21)18-2)14-9-5-4-6-10-14/h4-12H,2-3H2,1H3. The van der Waals surface area contributed by atoms with Crippen molar-refractivity contribution in [3.05, 3.63) is 60.2 Å². The van der Waals surface area contributed by atoms with Crippen molar-refractivity contribution in [2.45, 2.75) is 6.92 Å². The molecule has 0 saturated heterocycles. The topological polar surface area (TPSA) is 59.0 Å². The van der Waals surface area contributed by atoms with E-state index >= 15 is 0 Å². The normalized spacial score (nSPS) is 9.86. The molecule has 2 aromatic carbocycles. The fourth-order valence-corrected chi connectivity index (χ4v) is 2.00. The fourth-order valence-electron chi connectivity index (χ4n) is 2.00. The van der Waals surface area contributed by atoms with Crippen LogP contribution >= 0.6 is 0 Å². The van der Waals surface area contributed by atoms with E-state index in [2.05, 4.69) is 11.7 Å². The van der Waals surface area contributed by atoms with E-state index in [0.29, 0.717) is 23.5 Å². The van der Waals surface area contributed by atoms with Crippen LogP contribution in [-0.2, 0) is 4.74 Å². The molecule has 0 aliphatic carbocycles. The van der Waals surface area contributed by atoms with Crippen molar-refractivity contribution in [3.63, 3.8) is 0 Å². The summed E-state index contributed by atoms with van der Waals surface area (Å²) in [6.45, 7) is 5.32. The minimum atomic E-state index is -0.521. The monoisotopic (exact) mass is 296 g/mol. The van der Waals surface area contributed by atoms with Crippen molar-refractivity contribution in [3.8, 4) is 0 Å². The highest BCUT2D eigenvalue weighted by Gasteiger charge is 2.18. The number of carbonyl (C=O) groups excluding carboxylic acids is 2. The predicted octanol–water partition coefficient (Wildman–Crippen LogP) is 3.82. The molecule has 0 heterocycles. The Morgan fingerprint density at radius 1 is 1.09 bits per heavy atom. The Morgan fingerprint density at radius 3 is 2.41 bits per heavy atom. The van der Waals surface area contributed by atoms with Gasteiger partial charge in [-0.3, -0.25) is 4.90 Å². The Hall–Kier alpha value is -2.95. The van der Waals surface area contributed by atoms with Crippen molar-refractivity contribution in [1.29, 1.82) is 0 Å². The second-order valence-electron chi connectivity index (χ2n) is 4.38. The van der Waals surface area contributed by atoms with E-state index < -0.39 is 12.0 Å². The second-order valence-corrected chi connectivity index (χ2v) is 4.38. The molecule has 0 bridgehead atoms. The van der Waals surface area contributed by atoms with E-state index in [1.54, 1.807) is 43.3 Å². The third kappa shape index (κ3) is 3.38. The number of esters is 1. The van der Waals surface area contributed by atoms with Gasteiger partial charge < -0.3 is 4.74 Å². The summed E-state index contributed by atoms with van der Waals surface area (Å²) in [6, 6.07) is 15.1. The number of carbonyl (C=O) groups is 2. The van der Waals surface area contributed by atoms with Gasteiger partial charge in [0.25, 0.3) is 0 Å². The molecule has 0 radical (unpaired) electrons. The van der Waals surface area contributed by atoms with E-state index in [1.165, 1.54) is 4.90 Å². The number of benzene rings is 2. The van der Waals surface area contributed by atoms with Crippen LogP contribution in [0.25, 0.3) is 0 Å². The number of nitrogens with zero attached hydrogens (tertiary/aromatic N) is 2. The molecule has 2 amide bonds. The fraction of sp³-hybridized carbons (Fsp3) is 0.118. The highest BCUT2D eigenvalue weighted by atomic mass is 16.5. The average Bonchev–Trinajstić information content (AvgIpc) is 2.56. The number of para-hydroxylation sites is 1. The number of amides is 2. The Morgan fingerprint density at radius 2 is 1.77 bits per heavy atom. The molecule has 0 saturated carbocycles. The highest BCUT2D eigenvalue weighted by Crippen LogP contribution is 2.27. The van der Waals surface area contributed by atoms with Gasteiger partial charge in [-0.25, -0.2) is 14.6 Å². The van der Waals surface area contributed by atoms with Crippen LogP contribution in [-0.4, -0.2) is 25.3 Å². The number of hydrogen-bond donors (Lipinski definition) is 0. The lowest BCUT2D eigenvalue weighted by Crippen LogP contribution is -2.22. The lowest BCUT2D eigenvalue weighted by Gasteiger charge is -2.20. The summed E-state index contributed by atoms with van der Waals surface area (Å²) in [4.78, 5) is 28.8. The summed E-state index contributed by atoms with van der Waals surface area (Å²) < 4.78 is 4.98. The van der Waals surface area contributed by atoms with Crippen molar-refractivity contribution < 1.29 is 14.3 Å². The molecule has 0 fully saturated rings. The number of aliphatic imine (C=N–C) groups is 1. The van der Waals surface area contributed by atoms with Crippen LogP contribution in [0.1, 0.15) is 17.3 Å². The van der Waals surface area contributed by atoms with Gasteiger partial charge in [-0.15, -0.1) is 0 Å². The van der Waals surface area contributed by atoms with Crippen LogP contribution in [0.4, 0.5) is 16.2 Å². The largest absolute Gasteiger partial charge is 0.462 e. The van der Waals surface area contributed by atoms with Gasteiger partial charge in [0.05, 0.1) is 23.5 Å². The molecule has 5 nitrogen and oxygen atoms in total. The molecule has 112 valence electrons. The first-order chi connectivity index (χ1) is 10.7. The SMILES string of the molecule is C=NC(=O)N(c1ccccc1)c1cccc(C(=O)OCC)c1. The van der Waals surface area contributed by atoms with Crippen LogP contribution in [0, 0.1) is 0 Å². The molecule has 2 rings (SSSR count). The number of anilines is 2. The van der Waals surface area contributed by atoms with E-state index in [4.69, 9.17) is 4.74 Å². The molecule has 22 heavy (non-hydrogen) atoms. The molecule has 0 atom stereocenters. The van der Waals surface area contributed by atoms with E-state index in [0.717, 1.165) is 0 Å². The Labute approximate surface area is 128 Å². The molecular weight excluding hydrogens is 280 g/mol. The molecule has 0 aromatic heterocycles. The van der Waals surface area contributed by atoms with Crippen LogP contribution in [0.5, 0.6) is 0 Å². The van der Waals surface area contributed by atoms with Crippen molar-refractivity contribution in [1.82, 2.24) is 0 Å². The quantitative estimate of drug-likeness (QED) is 0.636. The van der Waals surface area contributed by atoms with Crippen molar-refractivity contribution >= 4 is 30.1 Å². The maximum Gasteiger partial charge on any atom is 0.351 e. The summed E-state index contributed by atoms with van der Waals surface area (Å²) in [5, 5.41) is 0. The molecular formula is C17H16N2O3. The van der Waals surface area contributed by atoms with Crippen molar-refractivity contribution in [2.75, 3.05) is 11.5 Å². The molecule has 2 aromatic rings. The first-order valence-electron chi connectivity index (χ1n) is 6.80. The Balaban J connectivity index is 2.45. The zero-order chi connectivity index (χ0) is 15.9. The van der Waals surface area contributed by atoms with Gasteiger partial charge in [-0.05, 0) is 44.0 Å². The van der Waals surface area contributed by atoms with Crippen LogP contribution in [0.2, 0.25) is 0 Å². The van der Waals surface area contributed by atoms with Crippen molar-refractivity contribution in [2.24, 2.45) is 4.99 Å². The summed E-state index contributed by atoms with van der Waals surface area (Å²) in [7, 11) is 0. The molecule has 5 heteroatoms. The smallest absolute Gasteiger partial charge is 0.351 e. The zero-order valence-electron chi connectivity index (χ0n) is 12.2. The van der Waals surface area contributed by atoms with E-state index in [1.807, 2.05) is 18.2 Å². The summed E-state index contributed by atoms with van der Waals surface area (Å²) in [5.41, 5.74) is 1.53. The third-order valence-electron chi connectivity index (χ3n) is 2.96. The van der Waals surface area contributed by atoms with E-state index in [-0.39, 0.29) is 0 Å². The third-order valence-corrected chi connectivity index (χ3v) is 2.96.